The van der Waals surface area contributed by atoms with Crippen molar-refractivity contribution in [1.82, 2.24) is 10.6 Å². The highest BCUT2D eigenvalue weighted by atomic mass is 17.2. The van der Waals surface area contributed by atoms with Crippen molar-refractivity contribution in [1.29, 1.82) is 0 Å². The summed E-state index contributed by atoms with van der Waals surface area (Å²) in [7, 11) is 1.82. The third-order valence-electron chi connectivity index (χ3n) is 9.88. The highest BCUT2D eigenvalue weighted by molar-refractivity contribution is 6.07. The number of aliphatic hydroxyl groups is 5. The maximum Gasteiger partial charge on any atom is 0.222 e. The molecule has 1 aromatic carbocycles. The molecule has 266 valence electrons. The molecule has 0 spiro atoms. The summed E-state index contributed by atoms with van der Waals surface area (Å²) in [6.45, 7) is 1.95. The number of quaternary nitrogens is 1. The third-order valence-corrected chi connectivity index (χ3v) is 9.88. The molecule has 15 heteroatoms. The zero-order valence-corrected chi connectivity index (χ0v) is 27.6. The van der Waals surface area contributed by atoms with E-state index in [0.717, 1.165) is 16.2 Å². The Morgan fingerprint density at radius 3 is 2.65 bits per heavy atom. The van der Waals surface area contributed by atoms with Crippen LogP contribution in [-0.2, 0) is 21.0 Å². The fraction of sp³-hybridized carbons (Fsp3) is 0.559. The summed E-state index contributed by atoms with van der Waals surface area (Å²) in [6.07, 6.45) is 0.163. The van der Waals surface area contributed by atoms with Gasteiger partial charge in [0, 0.05) is 43.6 Å². The van der Waals surface area contributed by atoms with Gasteiger partial charge >= 0.3 is 0 Å². The van der Waals surface area contributed by atoms with Crippen LogP contribution in [0.15, 0.2) is 50.4 Å². The van der Waals surface area contributed by atoms with E-state index >= 15 is 0 Å². The number of rotatable bonds is 15. The van der Waals surface area contributed by atoms with Crippen molar-refractivity contribution in [2.24, 2.45) is 10.9 Å². The molecule has 49 heavy (non-hydrogen) atoms. The minimum atomic E-state index is -1.83. The van der Waals surface area contributed by atoms with E-state index in [0.29, 0.717) is 79.0 Å². The summed E-state index contributed by atoms with van der Waals surface area (Å²) < 4.78 is 13.4. The van der Waals surface area contributed by atoms with Crippen molar-refractivity contribution >= 4 is 28.3 Å². The Hall–Kier alpha value is -3.51. The van der Waals surface area contributed by atoms with Gasteiger partial charge in [0.25, 0.3) is 0 Å². The van der Waals surface area contributed by atoms with Crippen molar-refractivity contribution in [3.05, 3.63) is 57.7 Å². The first-order valence-electron chi connectivity index (χ1n) is 16.7. The van der Waals surface area contributed by atoms with Gasteiger partial charge in [-0.15, -0.1) is 0 Å². The number of amides is 1. The van der Waals surface area contributed by atoms with Gasteiger partial charge in [0.2, 0.25) is 17.2 Å². The van der Waals surface area contributed by atoms with Gasteiger partial charge in [0.05, 0.1) is 17.6 Å². The van der Waals surface area contributed by atoms with Crippen LogP contribution >= 0.6 is 0 Å². The van der Waals surface area contributed by atoms with E-state index in [1.165, 1.54) is 6.07 Å². The van der Waals surface area contributed by atoms with Crippen molar-refractivity contribution < 1.29 is 54.2 Å². The van der Waals surface area contributed by atoms with E-state index in [1.54, 1.807) is 19.2 Å². The van der Waals surface area contributed by atoms with Gasteiger partial charge in [-0.25, -0.2) is 9.78 Å². The van der Waals surface area contributed by atoms with Crippen molar-refractivity contribution in [2.45, 2.75) is 75.1 Å². The van der Waals surface area contributed by atoms with Crippen molar-refractivity contribution in [2.75, 3.05) is 39.9 Å². The lowest BCUT2D eigenvalue weighted by molar-refractivity contribution is -0.759. The molecule has 0 aliphatic carbocycles. The number of ether oxygens (including phenoxy) is 1. The fourth-order valence-corrected chi connectivity index (χ4v) is 7.07. The third kappa shape index (κ3) is 7.22. The molecular weight excluding hydrogens is 640 g/mol. The molecule has 1 amide bonds. The van der Waals surface area contributed by atoms with Gasteiger partial charge in [-0.2, -0.15) is 0 Å². The van der Waals surface area contributed by atoms with E-state index in [4.69, 9.17) is 24.0 Å². The van der Waals surface area contributed by atoms with E-state index < -0.39 is 49.3 Å². The number of fused-ring (bicyclic) bond motifs is 3. The molecule has 8 atom stereocenters. The predicted octanol–water partition coefficient (Wildman–Crippen LogP) is -1.56. The second-order valence-electron chi connectivity index (χ2n) is 13.3. The first kappa shape index (κ1) is 35.3. The number of aliphatic hydroxyl groups excluding tert-OH is 5. The van der Waals surface area contributed by atoms with Crippen LogP contribution in [0.2, 0.25) is 0 Å². The molecule has 2 aromatic rings. The lowest BCUT2D eigenvalue weighted by Gasteiger charge is -2.44. The summed E-state index contributed by atoms with van der Waals surface area (Å²) in [4.78, 5) is 42.3. The number of nitrogens with zero attached hydrogens (tertiary/aromatic N) is 1. The quantitative estimate of drug-likeness (QED) is 0.0789. The number of nitrogens with one attached hydrogen (secondary N) is 3. The Bertz CT molecular complexity index is 1710. The average molecular weight is 686 g/mol. The molecule has 1 fully saturated rings. The second kappa shape index (κ2) is 14.8. The number of benzene rings is 1. The summed E-state index contributed by atoms with van der Waals surface area (Å²) in [6, 6.07) is 3.20. The lowest BCUT2D eigenvalue weighted by atomic mass is 9.79. The van der Waals surface area contributed by atoms with E-state index in [-0.39, 0.29) is 23.7 Å². The lowest BCUT2D eigenvalue weighted by Crippen LogP contribution is -3.01. The highest BCUT2D eigenvalue weighted by Gasteiger charge is 2.49. The Morgan fingerprint density at radius 1 is 1.14 bits per heavy atom. The molecule has 1 aromatic heterocycles. The summed E-state index contributed by atoms with van der Waals surface area (Å²) >= 11 is 0. The van der Waals surface area contributed by atoms with Crippen LogP contribution in [0, 0.1) is 12.8 Å². The van der Waals surface area contributed by atoms with Gasteiger partial charge < -0.3 is 45.3 Å². The minimum absolute atomic E-state index is 0.00583. The molecule has 1 saturated heterocycles. The first-order valence-corrected chi connectivity index (χ1v) is 16.7. The molecule has 4 aliphatic rings. The largest absolute Gasteiger partial charge is 0.478 e. The van der Waals surface area contributed by atoms with Crippen LogP contribution < -0.4 is 25.7 Å². The fourth-order valence-electron chi connectivity index (χ4n) is 7.07. The molecule has 0 saturated carbocycles. The molecular formula is C34H45N4O11+. The van der Waals surface area contributed by atoms with Crippen LogP contribution in [0.25, 0.3) is 11.0 Å². The Morgan fingerprint density at radius 2 is 1.94 bits per heavy atom. The van der Waals surface area contributed by atoms with Gasteiger partial charge in [0.1, 0.15) is 66.9 Å². The molecule has 4 aliphatic heterocycles. The average Bonchev–Trinajstić information content (AvgIpc) is 3.81. The predicted molar refractivity (Wildman–Crippen MR) is 175 cm³/mol. The Kier molecular flexibility index (Phi) is 10.6. The summed E-state index contributed by atoms with van der Waals surface area (Å²) in [5.41, 5.74) is 2.46. The van der Waals surface area contributed by atoms with Crippen LogP contribution in [0.5, 0.6) is 5.75 Å². The normalized spacial score (nSPS) is 26.8. The second-order valence-corrected chi connectivity index (χ2v) is 13.3. The van der Waals surface area contributed by atoms with Crippen molar-refractivity contribution in [3.63, 3.8) is 0 Å². The van der Waals surface area contributed by atoms with E-state index in [9.17, 15) is 30.0 Å². The topological polar surface area (TPSA) is 217 Å². The van der Waals surface area contributed by atoms with Crippen LogP contribution in [0.3, 0.4) is 0 Å². The van der Waals surface area contributed by atoms with Crippen LogP contribution in [0.4, 0.5) is 5.69 Å². The molecule has 0 bridgehead atoms. The standard InChI is InChI=1S/C34H44N4O11/c1-18-9-24(40)22-11-21-12-27(49-46-17-26(42)31(45)30(44)25(41)16-39)34(6-8-35-2,5-3-19-10-28(43)37-13-19)48-32(21)29(33(22)47-18)38-14-20-4-7-36-23(20)15-38/h4,7,9,11,14,19,25-27,30-31,35,39,41-42,44-45H,3,5-6,8,10,12-13,15-17H2,1-2H3,(H,37,43)/p+1. The number of hydrogen-bond acceptors (Lipinski definition) is 13. The zero-order chi connectivity index (χ0) is 34.9. The molecule has 15 nitrogen and oxygen atoms in total. The molecule has 6 rings (SSSR count). The molecule has 0 radical (unpaired) electrons. The molecule has 5 heterocycles. The minimum Gasteiger partial charge on any atom is -0.478 e. The van der Waals surface area contributed by atoms with E-state index in [1.807, 2.05) is 19.3 Å². The van der Waals surface area contributed by atoms with Gasteiger partial charge in [-0.1, -0.05) is 0 Å². The maximum atomic E-state index is 13.3. The number of hydrogen-bond donors (Lipinski definition) is 8. The number of carbonyl (C=O) groups is 1. The van der Waals surface area contributed by atoms with E-state index in [2.05, 4.69) is 15.6 Å². The summed E-state index contributed by atoms with van der Waals surface area (Å²) in [5.74, 6) is 1.10. The number of aliphatic imine (C=N–C) groups is 1. The summed E-state index contributed by atoms with van der Waals surface area (Å²) in [5, 5.41) is 56.2. The highest BCUT2D eigenvalue weighted by Crippen LogP contribution is 2.46. The zero-order valence-electron chi connectivity index (χ0n) is 27.6. The SMILES string of the molecule is CNCCC1(CCC2CNC(=O)C2)Oc2c(cc3c(=O)cc(C)oc3c2[NH+]2C=C3C=CN=C3C2)CC1OOCC(O)C(O)C(O)C(O)CO. The van der Waals surface area contributed by atoms with Gasteiger partial charge in [-0.3, -0.25) is 19.5 Å². The Balaban J connectivity index is 1.38. The molecule has 8 N–H and O–H groups in total. The smallest absolute Gasteiger partial charge is 0.222 e. The van der Waals surface area contributed by atoms with Crippen molar-refractivity contribution in [3.8, 4) is 5.75 Å². The number of aryl methyl sites for hydroxylation is 1. The number of allylic oxidation sites excluding steroid dienone is 1. The monoisotopic (exact) mass is 685 g/mol. The Labute approximate surface area is 282 Å². The van der Waals surface area contributed by atoms with Gasteiger partial charge in [-0.05, 0) is 51.4 Å². The van der Waals surface area contributed by atoms with Crippen LogP contribution in [0.1, 0.15) is 37.0 Å². The van der Waals surface area contributed by atoms with Gasteiger partial charge in [0.15, 0.2) is 11.2 Å². The molecule has 8 unspecified atom stereocenters. The number of carbonyl (C=O) groups excluding carboxylic acids is 1. The maximum absolute atomic E-state index is 13.3. The first-order chi connectivity index (χ1) is 23.5. The van der Waals surface area contributed by atoms with Crippen LogP contribution in [-0.4, -0.2) is 113 Å².